The molecule has 0 atom stereocenters. The number of fused-ring (bicyclic) bond motifs is 1. The number of nitrogens with zero attached hydrogens (tertiary/aromatic N) is 1. The fourth-order valence-electron chi connectivity index (χ4n) is 2.45. The van der Waals surface area contributed by atoms with Crippen molar-refractivity contribution in [2.45, 2.75) is 12.6 Å². The van der Waals surface area contributed by atoms with Crippen molar-refractivity contribution < 1.29 is 27.6 Å². The van der Waals surface area contributed by atoms with Gasteiger partial charge in [0, 0.05) is 12.6 Å². The lowest BCUT2D eigenvalue weighted by Gasteiger charge is -2.11. The van der Waals surface area contributed by atoms with E-state index < -0.39 is 22.4 Å². The Morgan fingerprint density at radius 2 is 1.88 bits per heavy atom. The van der Waals surface area contributed by atoms with Gasteiger partial charge in [-0.25, -0.2) is 0 Å². The third-order valence-electron chi connectivity index (χ3n) is 3.69. The standard InChI is InChI=1S/C16H13F3N2O4/c17-16(18,19)11-2-3-12(13(8-11)21(22)23)20-6-5-10-1-4-14-15(7-10)25-9-24-14/h1-4,7-8,20H,5-6,9H2. The summed E-state index contributed by atoms with van der Waals surface area (Å²) in [6.45, 7) is 0.473. The Balaban J connectivity index is 1.69. The highest BCUT2D eigenvalue weighted by Crippen LogP contribution is 2.35. The summed E-state index contributed by atoms with van der Waals surface area (Å²) < 4.78 is 48.5. The summed E-state index contributed by atoms with van der Waals surface area (Å²) in [5, 5.41) is 13.8. The van der Waals surface area contributed by atoms with Crippen LogP contribution in [0.15, 0.2) is 36.4 Å². The summed E-state index contributed by atoms with van der Waals surface area (Å²) in [6, 6.07) is 7.80. The second kappa shape index (κ2) is 6.50. The molecule has 25 heavy (non-hydrogen) atoms. The lowest BCUT2D eigenvalue weighted by molar-refractivity contribution is -0.384. The first kappa shape index (κ1) is 16.9. The van der Waals surface area contributed by atoms with Crippen molar-refractivity contribution in [2.24, 2.45) is 0 Å². The van der Waals surface area contributed by atoms with Crippen LogP contribution in [0.4, 0.5) is 24.5 Å². The first-order valence-corrected chi connectivity index (χ1v) is 7.32. The molecule has 0 aliphatic carbocycles. The van der Waals surface area contributed by atoms with Gasteiger partial charge in [0.05, 0.1) is 10.5 Å². The zero-order chi connectivity index (χ0) is 18.0. The number of nitrogens with one attached hydrogen (secondary N) is 1. The molecule has 1 aliphatic rings. The van der Waals surface area contributed by atoms with Crippen molar-refractivity contribution in [3.05, 3.63) is 57.6 Å². The minimum Gasteiger partial charge on any atom is -0.454 e. The Bertz CT molecular complexity index is 808. The Labute approximate surface area is 140 Å². The van der Waals surface area contributed by atoms with Crippen LogP contribution >= 0.6 is 0 Å². The number of ether oxygens (including phenoxy) is 2. The number of anilines is 1. The number of alkyl halides is 3. The van der Waals surface area contributed by atoms with Crippen molar-refractivity contribution in [2.75, 3.05) is 18.7 Å². The molecule has 132 valence electrons. The molecule has 0 radical (unpaired) electrons. The molecule has 0 aromatic heterocycles. The molecular weight excluding hydrogens is 341 g/mol. The second-order valence-electron chi connectivity index (χ2n) is 5.35. The van der Waals surface area contributed by atoms with E-state index in [9.17, 15) is 23.3 Å². The highest BCUT2D eigenvalue weighted by molar-refractivity contribution is 5.63. The van der Waals surface area contributed by atoms with Crippen molar-refractivity contribution >= 4 is 11.4 Å². The third kappa shape index (κ3) is 3.76. The lowest BCUT2D eigenvalue weighted by atomic mass is 10.1. The number of hydrogen-bond acceptors (Lipinski definition) is 5. The number of rotatable bonds is 5. The van der Waals surface area contributed by atoms with Crippen molar-refractivity contribution in [3.63, 3.8) is 0 Å². The zero-order valence-electron chi connectivity index (χ0n) is 12.8. The highest BCUT2D eigenvalue weighted by Gasteiger charge is 2.33. The van der Waals surface area contributed by atoms with E-state index in [4.69, 9.17) is 9.47 Å². The van der Waals surface area contributed by atoms with Gasteiger partial charge in [-0.1, -0.05) is 6.07 Å². The van der Waals surface area contributed by atoms with Crippen LogP contribution in [0.5, 0.6) is 11.5 Å². The quantitative estimate of drug-likeness (QED) is 0.649. The van der Waals surface area contributed by atoms with E-state index in [2.05, 4.69) is 5.32 Å². The minimum absolute atomic E-state index is 0.0405. The predicted molar refractivity (Wildman–Crippen MR) is 82.9 cm³/mol. The van der Waals surface area contributed by atoms with Gasteiger partial charge in [-0.2, -0.15) is 13.2 Å². The molecule has 0 amide bonds. The Hall–Kier alpha value is -2.97. The van der Waals surface area contributed by atoms with Gasteiger partial charge < -0.3 is 14.8 Å². The van der Waals surface area contributed by atoms with Crippen LogP contribution in [0, 0.1) is 10.1 Å². The van der Waals surface area contributed by atoms with Crippen molar-refractivity contribution in [3.8, 4) is 11.5 Å². The van der Waals surface area contributed by atoms with Gasteiger partial charge in [0.2, 0.25) is 6.79 Å². The van der Waals surface area contributed by atoms with E-state index in [1.54, 1.807) is 12.1 Å². The molecular formula is C16H13F3N2O4. The molecule has 0 saturated carbocycles. The lowest BCUT2D eigenvalue weighted by Crippen LogP contribution is -2.10. The number of halogens is 3. The van der Waals surface area contributed by atoms with E-state index in [0.717, 1.165) is 17.7 Å². The van der Waals surface area contributed by atoms with E-state index >= 15 is 0 Å². The average molecular weight is 354 g/mol. The summed E-state index contributed by atoms with van der Waals surface area (Å²) in [5.41, 5.74) is -0.717. The van der Waals surface area contributed by atoms with Crippen LogP contribution in [0.2, 0.25) is 0 Å². The normalized spacial score (nSPS) is 12.9. The summed E-state index contributed by atoms with van der Waals surface area (Å²) in [7, 11) is 0. The SMILES string of the molecule is O=[N+]([O-])c1cc(C(F)(F)F)ccc1NCCc1ccc2c(c1)OCO2. The van der Waals surface area contributed by atoms with Gasteiger partial charge in [0.1, 0.15) is 5.69 Å². The van der Waals surface area contributed by atoms with Gasteiger partial charge in [0.15, 0.2) is 11.5 Å². The molecule has 1 aliphatic heterocycles. The number of nitro groups is 1. The summed E-state index contributed by atoms with van der Waals surface area (Å²) in [5.74, 6) is 1.27. The largest absolute Gasteiger partial charge is 0.454 e. The molecule has 2 aromatic carbocycles. The molecule has 9 heteroatoms. The van der Waals surface area contributed by atoms with Crippen LogP contribution < -0.4 is 14.8 Å². The molecule has 2 aromatic rings. The first-order chi connectivity index (χ1) is 11.8. The molecule has 3 rings (SSSR count). The molecule has 0 bridgehead atoms. The molecule has 0 saturated heterocycles. The fraction of sp³-hybridized carbons (Fsp3) is 0.250. The fourth-order valence-corrected chi connectivity index (χ4v) is 2.45. The van der Waals surface area contributed by atoms with Crippen LogP contribution in [0.25, 0.3) is 0 Å². The van der Waals surface area contributed by atoms with Gasteiger partial charge >= 0.3 is 6.18 Å². The van der Waals surface area contributed by atoms with E-state index in [0.29, 0.717) is 30.5 Å². The monoisotopic (exact) mass is 354 g/mol. The summed E-state index contributed by atoms with van der Waals surface area (Å²) >= 11 is 0. The second-order valence-corrected chi connectivity index (χ2v) is 5.35. The molecule has 0 unspecified atom stereocenters. The number of hydrogen-bond donors (Lipinski definition) is 1. The van der Waals surface area contributed by atoms with Gasteiger partial charge in [-0.05, 0) is 36.2 Å². The maximum atomic E-state index is 12.7. The van der Waals surface area contributed by atoms with Crippen LogP contribution in [-0.2, 0) is 12.6 Å². The molecule has 0 spiro atoms. The maximum absolute atomic E-state index is 12.7. The third-order valence-corrected chi connectivity index (χ3v) is 3.69. The number of nitro benzene ring substituents is 1. The molecule has 0 fully saturated rings. The van der Waals surface area contributed by atoms with Crippen LogP contribution in [-0.4, -0.2) is 18.3 Å². The van der Waals surface area contributed by atoms with Gasteiger partial charge in [-0.3, -0.25) is 10.1 Å². The topological polar surface area (TPSA) is 73.6 Å². The van der Waals surface area contributed by atoms with Crippen LogP contribution in [0.1, 0.15) is 11.1 Å². The Morgan fingerprint density at radius 1 is 1.12 bits per heavy atom. The van der Waals surface area contributed by atoms with Gasteiger partial charge in [0.25, 0.3) is 5.69 Å². The summed E-state index contributed by atoms with van der Waals surface area (Å²) in [6.07, 6.45) is -4.12. The van der Waals surface area contributed by atoms with E-state index in [-0.39, 0.29) is 12.5 Å². The van der Waals surface area contributed by atoms with Gasteiger partial charge in [-0.15, -0.1) is 0 Å². The molecule has 6 nitrogen and oxygen atoms in total. The van der Waals surface area contributed by atoms with E-state index in [1.165, 1.54) is 0 Å². The zero-order valence-corrected chi connectivity index (χ0v) is 12.8. The first-order valence-electron chi connectivity index (χ1n) is 7.32. The minimum atomic E-state index is -4.63. The average Bonchev–Trinajstić information content (AvgIpc) is 3.01. The van der Waals surface area contributed by atoms with Crippen molar-refractivity contribution in [1.82, 2.24) is 0 Å². The van der Waals surface area contributed by atoms with Crippen molar-refractivity contribution in [1.29, 1.82) is 0 Å². The maximum Gasteiger partial charge on any atom is 0.416 e. The highest BCUT2D eigenvalue weighted by atomic mass is 19.4. The Morgan fingerprint density at radius 3 is 2.60 bits per heavy atom. The number of benzene rings is 2. The predicted octanol–water partition coefficient (Wildman–Crippen LogP) is 4.00. The smallest absolute Gasteiger partial charge is 0.416 e. The molecule has 1 N–H and O–H groups in total. The molecule has 1 heterocycles. The van der Waals surface area contributed by atoms with E-state index in [1.807, 2.05) is 6.07 Å². The van der Waals surface area contributed by atoms with Crippen LogP contribution in [0.3, 0.4) is 0 Å². The summed E-state index contributed by atoms with van der Waals surface area (Å²) in [4.78, 5) is 10.2. The Kier molecular flexibility index (Phi) is 4.39.